The molecule has 0 spiro atoms. The summed E-state index contributed by atoms with van der Waals surface area (Å²) in [7, 11) is 0. The molecule has 3 rings (SSSR count). The fourth-order valence-corrected chi connectivity index (χ4v) is 3.88. The number of carbonyl (C=O) groups excluding carboxylic acids is 2. The smallest absolute Gasteiger partial charge is 0.391 e. The van der Waals surface area contributed by atoms with E-state index in [-0.39, 0.29) is 6.61 Å². The first-order valence-electron chi connectivity index (χ1n) is 13.0. The zero-order valence-corrected chi connectivity index (χ0v) is 23.3. The van der Waals surface area contributed by atoms with E-state index >= 15 is 0 Å². The van der Waals surface area contributed by atoms with Gasteiger partial charge in [-0.05, 0) is 12.5 Å². The normalized spacial score (nSPS) is 12.5. The van der Waals surface area contributed by atoms with Gasteiger partial charge in [-0.2, -0.15) is 13.2 Å². The molecule has 0 bridgehead atoms. The first-order valence-corrected chi connectivity index (χ1v) is 13.0. The second-order valence-corrected chi connectivity index (χ2v) is 9.51. The third-order valence-corrected chi connectivity index (χ3v) is 6.14. The molecule has 0 aliphatic carbocycles. The summed E-state index contributed by atoms with van der Waals surface area (Å²) in [5.74, 6) is -6.72. The van der Waals surface area contributed by atoms with Gasteiger partial charge in [0.25, 0.3) is 11.8 Å². The van der Waals surface area contributed by atoms with E-state index in [1.807, 2.05) is 0 Å². The highest BCUT2D eigenvalue weighted by atomic mass is 19.4. The number of alkyl halides is 3. The standard InChI is InChI=1S/C30H28F6N4O4/c1-4-17(3)38-29(43)25-27(44-16-18-9-7-6-8-10-18)26(41)22(15-40(25)39-20(5-2)13-30(34,35)36)28(42)37-14-21-23(32)11-19(31)12-24(21)33/h4-12,15,17,20,39H,1-2,13-14,16H2,3H3,(H,37,42)(H,38,43)/t17-,20-/m0/s1. The Morgan fingerprint density at radius 1 is 1.02 bits per heavy atom. The number of rotatable bonds is 13. The summed E-state index contributed by atoms with van der Waals surface area (Å²) in [4.78, 5) is 40.1. The SMILES string of the molecule is C=C[C@H](C)NC(=O)c1c(OCc2ccccc2)c(=O)c(C(=O)NCc2c(F)cc(F)cc2F)cn1N[C@@H](C=C)CC(F)(F)F. The Labute approximate surface area is 248 Å². The van der Waals surface area contributed by atoms with Crippen LogP contribution in [0.5, 0.6) is 5.75 Å². The Morgan fingerprint density at radius 2 is 1.66 bits per heavy atom. The number of nitrogens with one attached hydrogen (secondary N) is 3. The molecule has 0 radical (unpaired) electrons. The Bertz CT molecular complexity index is 1570. The molecule has 14 heteroatoms. The molecule has 0 fully saturated rings. The number of nitrogens with zero attached hydrogens (tertiary/aromatic N) is 1. The van der Waals surface area contributed by atoms with E-state index in [0.29, 0.717) is 17.7 Å². The van der Waals surface area contributed by atoms with Gasteiger partial charge in [-0.1, -0.05) is 42.5 Å². The van der Waals surface area contributed by atoms with Gasteiger partial charge in [0.2, 0.25) is 5.43 Å². The summed E-state index contributed by atoms with van der Waals surface area (Å²) in [6, 6.07) is 6.89. The molecular formula is C30H28F6N4O4. The Balaban J connectivity index is 2.15. The van der Waals surface area contributed by atoms with Crippen LogP contribution in [0.15, 0.2) is 78.8 Å². The highest BCUT2D eigenvalue weighted by Crippen LogP contribution is 2.24. The Morgan fingerprint density at radius 3 is 2.23 bits per heavy atom. The molecule has 2 atom stereocenters. The van der Waals surface area contributed by atoms with E-state index in [0.717, 1.165) is 16.9 Å². The minimum Gasteiger partial charge on any atom is -0.482 e. The maximum Gasteiger partial charge on any atom is 0.391 e. The number of carbonyl (C=O) groups is 2. The largest absolute Gasteiger partial charge is 0.482 e. The van der Waals surface area contributed by atoms with Crippen molar-refractivity contribution in [3.8, 4) is 5.75 Å². The van der Waals surface area contributed by atoms with E-state index in [9.17, 15) is 40.7 Å². The Hall–Kier alpha value is -5.01. The minimum atomic E-state index is -4.68. The summed E-state index contributed by atoms with van der Waals surface area (Å²) in [6.45, 7) is 7.35. The molecule has 0 aliphatic heterocycles. The van der Waals surface area contributed by atoms with E-state index in [1.54, 1.807) is 30.3 Å². The quantitative estimate of drug-likeness (QED) is 0.181. The number of halogens is 6. The van der Waals surface area contributed by atoms with Crippen molar-refractivity contribution in [2.24, 2.45) is 0 Å². The summed E-state index contributed by atoms with van der Waals surface area (Å²) in [5.41, 5.74) is -0.258. The number of pyridine rings is 1. The molecule has 1 aromatic heterocycles. The molecular weight excluding hydrogens is 594 g/mol. The van der Waals surface area contributed by atoms with Crippen LogP contribution >= 0.6 is 0 Å². The van der Waals surface area contributed by atoms with Gasteiger partial charge in [-0.3, -0.25) is 19.1 Å². The van der Waals surface area contributed by atoms with E-state index in [1.165, 1.54) is 13.0 Å². The first-order chi connectivity index (χ1) is 20.7. The van der Waals surface area contributed by atoms with Gasteiger partial charge < -0.3 is 20.8 Å². The lowest BCUT2D eigenvalue weighted by Crippen LogP contribution is -2.41. The van der Waals surface area contributed by atoms with Gasteiger partial charge in [0.05, 0.1) is 12.5 Å². The van der Waals surface area contributed by atoms with Crippen LogP contribution in [0, 0.1) is 17.5 Å². The minimum absolute atomic E-state index is 0.294. The third kappa shape index (κ3) is 8.75. The van der Waals surface area contributed by atoms with Crippen molar-refractivity contribution in [2.75, 3.05) is 5.43 Å². The predicted octanol–water partition coefficient (Wildman–Crippen LogP) is 5.13. The fraction of sp³-hybridized carbons (Fsp3) is 0.233. The molecule has 44 heavy (non-hydrogen) atoms. The van der Waals surface area contributed by atoms with Crippen molar-refractivity contribution in [3.63, 3.8) is 0 Å². The Kier molecular flexibility index (Phi) is 11.0. The van der Waals surface area contributed by atoms with Crippen LogP contribution in [0.1, 0.15) is 45.3 Å². The molecule has 1 heterocycles. The summed E-state index contributed by atoms with van der Waals surface area (Å²) in [6.07, 6.45) is -3.11. The van der Waals surface area contributed by atoms with Gasteiger partial charge in [0.1, 0.15) is 29.6 Å². The topological polar surface area (TPSA) is 101 Å². The number of benzene rings is 2. The van der Waals surface area contributed by atoms with Crippen LogP contribution in [-0.4, -0.2) is 34.8 Å². The van der Waals surface area contributed by atoms with Crippen molar-refractivity contribution in [1.29, 1.82) is 0 Å². The second-order valence-electron chi connectivity index (χ2n) is 9.51. The van der Waals surface area contributed by atoms with Gasteiger partial charge in [-0.25, -0.2) is 13.2 Å². The van der Waals surface area contributed by atoms with Crippen LogP contribution in [0.4, 0.5) is 26.3 Å². The molecule has 3 aromatic rings. The fourth-order valence-electron chi connectivity index (χ4n) is 3.88. The molecule has 3 N–H and O–H groups in total. The molecule has 2 amide bonds. The number of ether oxygens (including phenoxy) is 1. The number of hydrogen-bond acceptors (Lipinski definition) is 5. The maximum atomic E-state index is 14.1. The van der Waals surface area contributed by atoms with E-state index < -0.39 is 88.5 Å². The van der Waals surface area contributed by atoms with Crippen molar-refractivity contribution in [1.82, 2.24) is 15.3 Å². The molecule has 0 unspecified atom stereocenters. The van der Waals surface area contributed by atoms with Crippen molar-refractivity contribution in [3.05, 3.63) is 124 Å². The predicted molar refractivity (Wildman–Crippen MR) is 150 cm³/mol. The van der Waals surface area contributed by atoms with Crippen molar-refractivity contribution >= 4 is 11.8 Å². The zero-order chi connectivity index (χ0) is 32.6. The van der Waals surface area contributed by atoms with Crippen LogP contribution < -0.4 is 26.2 Å². The highest BCUT2D eigenvalue weighted by molar-refractivity contribution is 5.99. The van der Waals surface area contributed by atoms with Crippen LogP contribution in [0.3, 0.4) is 0 Å². The molecule has 2 aromatic carbocycles. The van der Waals surface area contributed by atoms with Crippen molar-refractivity contribution in [2.45, 2.75) is 44.8 Å². The maximum absolute atomic E-state index is 14.1. The highest BCUT2D eigenvalue weighted by Gasteiger charge is 2.33. The van der Waals surface area contributed by atoms with E-state index in [2.05, 4.69) is 29.2 Å². The summed E-state index contributed by atoms with van der Waals surface area (Å²) in [5, 5.41) is 4.63. The summed E-state index contributed by atoms with van der Waals surface area (Å²) < 4.78 is 87.8. The molecule has 8 nitrogen and oxygen atoms in total. The van der Waals surface area contributed by atoms with Gasteiger partial charge in [0.15, 0.2) is 11.4 Å². The van der Waals surface area contributed by atoms with Crippen LogP contribution in [0.2, 0.25) is 0 Å². The molecule has 0 saturated heterocycles. The monoisotopic (exact) mass is 622 g/mol. The number of hydrogen-bond donors (Lipinski definition) is 3. The number of amides is 2. The zero-order valence-electron chi connectivity index (χ0n) is 23.3. The average molecular weight is 623 g/mol. The second kappa shape index (κ2) is 14.4. The van der Waals surface area contributed by atoms with Gasteiger partial charge >= 0.3 is 6.18 Å². The average Bonchev–Trinajstić information content (AvgIpc) is 2.95. The molecule has 0 saturated carbocycles. The van der Waals surface area contributed by atoms with Crippen LogP contribution in [-0.2, 0) is 13.2 Å². The van der Waals surface area contributed by atoms with Crippen LogP contribution in [0.25, 0.3) is 0 Å². The van der Waals surface area contributed by atoms with Gasteiger partial charge in [-0.15, -0.1) is 13.2 Å². The lowest BCUT2D eigenvalue weighted by molar-refractivity contribution is -0.135. The van der Waals surface area contributed by atoms with Crippen molar-refractivity contribution < 1.29 is 40.7 Å². The molecule has 0 aliphatic rings. The summed E-state index contributed by atoms with van der Waals surface area (Å²) >= 11 is 0. The van der Waals surface area contributed by atoms with Gasteiger partial charge in [0, 0.05) is 36.5 Å². The lowest BCUT2D eigenvalue weighted by atomic mass is 10.1. The number of aromatic nitrogens is 1. The third-order valence-electron chi connectivity index (χ3n) is 6.14. The van der Waals surface area contributed by atoms with E-state index in [4.69, 9.17) is 4.74 Å². The lowest BCUT2D eigenvalue weighted by Gasteiger charge is -2.25. The first kappa shape index (κ1) is 33.5. The molecule has 234 valence electrons.